The van der Waals surface area contributed by atoms with E-state index in [4.69, 9.17) is 20.8 Å². The molecule has 1 heterocycles. The van der Waals surface area contributed by atoms with Crippen LogP contribution in [-0.2, 0) is 17.6 Å². The van der Waals surface area contributed by atoms with Crippen LogP contribution in [0, 0.1) is 6.92 Å². The molecule has 3 aromatic rings. The molecule has 0 saturated carbocycles. The van der Waals surface area contributed by atoms with Crippen LogP contribution in [0.2, 0.25) is 5.02 Å². The lowest BCUT2D eigenvalue weighted by atomic mass is 10.0. The number of alkyl halides is 3. The summed E-state index contributed by atoms with van der Waals surface area (Å²) < 4.78 is 49.9. The van der Waals surface area contributed by atoms with E-state index in [1.165, 1.54) is 0 Å². The van der Waals surface area contributed by atoms with Crippen molar-refractivity contribution in [3.05, 3.63) is 64.0 Å². The normalized spacial score (nSPS) is 11.6. The van der Waals surface area contributed by atoms with Crippen molar-refractivity contribution in [1.29, 1.82) is 0 Å². The smallest absolute Gasteiger partial charge is 0.416 e. The molecule has 0 bridgehead atoms. The molecule has 0 radical (unpaired) electrons. The van der Waals surface area contributed by atoms with Gasteiger partial charge in [0, 0.05) is 0 Å². The third kappa shape index (κ3) is 6.88. The highest BCUT2D eigenvalue weighted by Gasteiger charge is 2.31. The lowest BCUT2D eigenvalue weighted by molar-refractivity contribution is -0.137. The fraction of sp³-hybridized carbons (Fsp3) is 0.318. The van der Waals surface area contributed by atoms with Crippen LogP contribution >= 0.6 is 23.4 Å². The van der Waals surface area contributed by atoms with E-state index in [0.717, 1.165) is 46.8 Å². The first-order valence-corrected chi connectivity index (χ1v) is 11.2. The second kappa shape index (κ2) is 10.5. The van der Waals surface area contributed by atoms with E-state index in [9.17, 15) is 18.0 Å². The quantitative estimate of drug-likeness (QED) is 0.357. The number of halogens is 4. The predicted molar refractivity (Wildman–Crippen MR) is 120 cm³/mol. The number of anilines is 1. The number of aryl methyl sites for hydroxylation is 1. The largest absolute Gasteiger partial charge is 0.484 e. The molecule has 11 heteroatoms. The monoisotopic (exact) mass is 499 g/mol. The average molecular weight is 500 g/mol. The van der Waals surface area contributed by atoms with Gasteiger partial charge in [-0.25, -0.2) is 0 Å². The van der Waals surface area contributed by atoms with E-state index in [1.54, 1.807) is 0 Å². The number of carbonyl (C=O) groups is 1. The molecule has 0 aliphatic carbocycles. The van der Waals surface area contributed by atoms with Crippen molar-refractivity contribution in [2.45, 2.75) is 44.7 Å². The van der Waals surface area contributed by atoms with Gasteiger partial charge >= 0.3 is 6.18 Å². The third-order valence-electron chi connectivity index (χ3n) is 4.49. The van der Waals surface area contributed by atoms with Gasteiger partial charge in [0.2, 0.25) is 5.91 Å². The van der Waals surface area contributed by atoms with Crippen LogP contribution in [0.15, 0.2) is 46.0 Å². The van der Waals surface area contributed by atoms with Crippen LogP contribution < -0.4 is 10.1 Å². The highest BCUT2D eigenvalue weighted by Crippen LogP contribution is 2.34. The molecular weight excluding hydrogens is 479 g/mol. The van der Waals surface area contributed by atoms with Gasteiger partial charge in [0.15, 0.2) is 6.61 Å². The number of ether oxygens (including phenoxy) is 1. The molecule has 33 heavy (non-hydrogen) atoms. The minimum atomic E-state index is -4.55. The SMILES string of the molecule is Cc1ccc(C(C)C)c(OCc2nnc(SCC(=O)Nc3cc(C(F)(F)F)ccc3Cl)o2)c1. The van der Waals surface area contributed by atoms with Crippen molar-refractivity contribution in [3.63, 3.8) is 0 Å². The minimum Gasteiger partial charge on any atom is -0.484 e. The molecule has 0 atom stereocenters. The van der Waals surface area contributed by atoms with Crippen LogP contribution in [0.1, 0.15) is 42.3 Å². The maximum atomic E-state index is 12.9. The van der Waals surface area contributed by atoms with Crippen molar-refractivity contribution >= 4 is 35.0 Å². The van der Waals surface area contributed by atoms with Gasteiger partial charge in [-0.2, -0.15) is 13.2 Å². The highest BCUT2D eigenvalue weighted by atomic mass is 35.5. The Bertz CT molecular complexity index is 1140. The Hall–Kier alpha value is -2.72. The Morgan fingerprint density at radius 1 is 1.21 bits per heavy atom. The molecule has 1 amide bonds. The van der Waals surface area contributed by atoms with Crippen LogP contribution in [0.3, 0.4) is 0 Å². The van der Waals surface area contributed by atoms with Crippen molar-refractivity contribution in [2.24, 2.45) is 0 Å². The first kappa shape index (κ1) is 24.9. The molecule has 1 aromatic heterocycles. The van der Waals surface area contributed by atoms with Gasteiger partial charge in [0.25, 0.3) is 11.1 Å². The number of benzene rings is 2. The lowest BCUT2D eigenvalue weighted by Crippen LogP contribution is -2.15. The van der Waals surface area contributed by atoms with Crippen molar-refractivity contribution in [2.75, 3.05) is 11.1 Å². The maximum Gasteiger partial charge on any atom is 0.416 e. The Balaban J connectivity index is 1.56. The van der Waals surface area contributed by atoms with Crippen LogP contribution in [0.25, 0.3) is 0 Å². The van der Waals surface area contributed by atoms with Gasteiger partial charge in [-0.05, 0) is 48.2 Å². The predicted octanol–water partition coefficient (Wildman–Crippen LogP) is 6.48. The molecule has 2 aromatic carbocycles. The number of aromatic nitrogens is 2. The minimum absolute atomic E-state index is 0.00418. The Morgan fingerprint density at radius 3 is 2.67 bits per heavy atom. The fourth-order valence-corrected chi connectivity index (χ4v) is 3.59. The van der Waals surface area contributed by atoms with Crippen molar-refractivity contribution in [1.82, 2.24) is 10.2 Å². The van der Waals surface area contributed by atoms with E-state index >= 15 is 0 Å². The van der Waals surface area contributed by atoms with E-state index in [1.807, 2.05) is 25.1 Å². The Kier molecular flexibility index (Phi) is 7.91. The first-order valence-electron chi connectivity index (χ1n) is 9.88. The summed E-state index contributed by atoms with van der Waals surface area (Å²) in [6, 6.07) is 8.67. The zero-order valence-corrected chi connectivity index (χ0v) is 19.6. The third-order valence-corrected chi connectivity index (χ3v) is 5.63. The molecule has 0 saturated heterocycles. The standard InChI is InChI=1S/C22H21ClF3N3O3S/c1-12(2)15-6-4-13(3)8-18(15)31-10-20-28-29-21(32-20)33-11-19(30)27-17-9-14(22(24,25)26)5-7-16(17)23/h4-9,12H,10-11H2,1-3H3,(H,27,30). The number of nitrogens with zero attached hydrogens (tertiary/aromatic N) is 2. The summed E-state index contributed by atoms with van der Waals surface area (Å²) in [7, 11) is 0. The van der Waals surface area contributed by atoms with Gasteiger partial charge in [0.1, 0.15) is 5.75 Å². The van der Waals surface area contributed by atoms with Crippen LogP contribution in [0.5, 0.6) is 5.75 Å². The van der Waals surface area contributed by atoms with Gasteiger partial charge in [-0.3, -0.25) is 4.79 Å². The Labute approximate surface area is 197 Å². The zero-order chi connectivity index (χ0) is 24.2. The number of amides is 1. The highest BCUT2D eigenvalue weighted by molar-refractivity contribution is 7.99. The van der Waals surface area contributed by atoms with Gasteiger partial charge < -0.3 is 14.5 Å². The number of hydrogen-bond donors (Lipinski definition) is 1. The van der Waals surface area contributed by atoms with Crippen molar-refractivity contribution < 1.29 is 27.1 Å². The van der Waals surface area contributed by atoms with E-state index < -0.39 is 17.6 Å². The molecule has 6 nitrogen and oxygen atoms in total. The summed E-state index contributed by atoms with van der Waals surface area (Å²) in [4.78, 5) is 12.2. The molecule has 3 rings (SSSR count). The average Bonchev–Trinajstić information content (AvgIpc) is 3.19. The van der Waals surface area contributed by atoms with Gasteiger partial charge in [-0.15, -0.1) is 10.2 Å². The number of rotatable bonds is 8. The molecule has 0 unspecified atom stereocenters. The lowest BCUT2D eigenvalue weighted by Gasteiger charge is -2.13. The van der Waals surface area contributed by atoms with Crippen LogP contribution in [-0.4, -0.2) is 21.9 Å². The first-order chi connectivity index (χ1) is 15.5. The molecule has 1 N–H and O–H groups in total. The molecule has 0 aliphatic rings. The van der Waals surface area contributed by atoms with E-state index in [-0.39, 0.29) is 40.1 Å². The van der Waals surface area contributed by atoms with Gasteiger partial charge in [0.05, 0.1) is 22.0 Å². The summed E-state index contributed by atoms with van der Waals surface area (Å²) in [6.07, 6.45) is -4.55. The second-order valence-electron chi connectivity index (χ2n) is 7.48. The molecular formula is C22H21ClF3N3O3S. The van der Waals surface area contributed by atoms with E-state index in [0.29, 0.717) is 0 Å². The zero-order valence-electron chi connectivity index (χ0n) is 18.0. The number of nitrogens with one attached hydrogen (secondary N) is 1. The topological polar surface area (TPSA) is 77.2 Å². The summed E-state index contributed by atoms with van der Waals surface area (Å²) in [5.41, 5.74) is 1.07. The molecule has 176 valence electrons. The fourth-order valence-electron chi connectivity index (χ4n) is 2.85. The van der Waals surface area contributed by atoms with Crippen LogP contribution in [0.4, 0.5) is 18.9 Å². The summed E-state index contributed by atoms with van der Waals surface area (Å²) in [5.74, 6) is 0.506. The second-order valence-corrected chi connectivity index (χ2v) is 8.81. The summed E-state index contributed by atoms with van der Waals surface area (Å²) >= 11 is 6.84. The summed E-state index contributed by atoms with van der Waals surface area (Å²) in [5, 5.41) is 10.3. The van der Waals surface area contributed by atoms with Crippen molar-refractivity contribution in [3.8, 4) is 5.75 Å². The molecule has 0 aliphatic heterocycles. The number of hydrogen-bond acceptors (Lipinski definition) is 6. The van der Waals surface area contributed by atoms with Gasteiger partial charge in [-0.1, -0.05) is 49.3 Å². The Morgan fingerprint density at radius 2 is 1.97 bits per heavy atom. The maximum absolute atomic E-state index is 12.9. The molecule has 0 spiro atoms. The molecule has 0 fully saturated rings. The number of thioether (sulfide) groups is 1. The number of carbonyl (C=O) groups excluding carboxylic acids is 1. The summed E-state index contributed by atoms with van der Waals surface area (Å²) in [6.45, 7) is 6.16. The van der Waals surface area contributed by atoms with E-state index in [2.05, 4.69) is 29.4 Å².